The normalized spacial score (nSPS) is 17.8. The highest BCUT2D eigenvalue weighted by atomic mass is 35.5. The van der Waals surface area contributed by atoms with Crippen LogP contribution in [0.5, 0.6) is 0 Å². The number of hydrogen-bond donors (Lipinski definition) is 1. The Kier molecular flexibility index (Phi) is 6.54. The molecule has 12 heteroatoms. The number of nitrogens with one attached hydrogen (secondary N) is 1. The van der Waals surface area contributed by atoms with Crippen molar-refractivity contribution in [1.29, 1.82) is 0 Å². The molecule has 162 valence electrons. The van der Waals surface area contributed by atoms with E-state index in [0.29, 0.717) is 11.4 Å². The van der Waals surface area contributed by atoms with E-state index in [1.54, 1.807) is 0 Å². The molecule has 8 nitrogen and oxygen atoms in total. The van der Waals surface area contributed by atoms with Crippen LogP contribution < -0.4 is 10.9 Å². The van der Waals surface area contributed by atoms with Crippen LogP contribution in [0.4, 0.5) is 0 Å². The van der Waals surface area contributed by atoms with Gasteiger partial charge in [-0.15, -0.1) is 11.8 Å². The van der Waals surface area contributed by atoms with Gasteiger partial charge in [-0.25, -0.2) is 8.42 Å². The summed E-state index contributed by atoms with van der Waals surface area (Å²) >= 11 is 13.0. The molecule has 2 heterocycles. The maximum atomic E-state index is 13.1. The monoisotopic (exact) mass is 490 g/mol. The van der Waals surface area contributed by atoms with Crippen molar-refractivity contribution in [3.05, 3.63) is 50.9 Å². The molecule has 2 aromatic rings. The first-order valence-electron chi connectivity index (χ1n) is 8.87. The molecule has 1 N–H and O–H groups in total. The summed E-state index contributed by atoms with van der Waals surface area (Å²) in [5.74, 6) is 0.223. The lowest BCUT2D eigenvalue weighted by molar-refractivity contribution is -0.125. The van der Waals surface area contributed by atoms with Crippen LogP contribution in [-0.2, 0) is 14.8 Å². The van der Waals surface area contributed by atoms with Gasteiger partial charge in [0.15, 0.2) is 0 Å². The number of thioether (sulfide) groups is 1. The van der Waals surface area contributed by atoms with E-state index in [2.05, 4.69) is 10.4 Å². The Morgan fingerprint density at radius 1 is 1.23 bits per heavy atom. The van der Waals surface area contributed by atoms with Gasteiger partial charge in [0.1, 0.15) is 11.1 Å². The molecule has 1 aromatic carbocycles. The summed E-state index contributed by atoms with van der Waals surface area (Å²) in [6.07, 6.45) is 1.23. The van der Waals surface area contributed by atoms with Gasteiger partial charge in [0, 0.05) is 11.3 Å². The van der Waals surface area contributed by atoms with Gasteiger partial charge >= 0.3 is 0 Å². The van der Waals surface area contributed by atoms with E-state index in [4.69, 9.17) is 23.2 Å². The third kappa shape index (κ3) is 4.67. The highest BCUT2D eigenvalue weighted by molar-refractivity contribution is 8.00. The van der Waals surface area contributed by atoms with Gasteiger partial charge in [0.2, 0.25) is 15.9 Å². The van der Waals surface area contributed by atoms with Gasteiger partial charge in [-0.3, -0.25) is 9.59 Å². The number of sulfonamides is 1. The van der Waals surface area contributed by atoms with E-state index in [9.17, 15) is 18.0 Å². The first-order valence-corrected chi connectivity index (χ1v) is 12.2. The van der Waals surface area contributed by atoms with Crippen molar-refractivity contribution < 1.29 is 13.2 Å². The number of halogens is 2. The third-order valence-corrected chi connectivity index (χ3v) is 8.00. The van der Waals surface area contributed by atoms with Gasteiger partial charge in [-0.2, -0.15) is 14.1 Å². The molecule has 30 heavy (non-hydrogen) atoms. The van der Waals surface area contributed by atoms with Crippen molar-refractivity contribution in [2.75, 3.05) is 11.6 Å². The first-order chi connectivity index (χ1) is 13.9. The molecule has 1 aliphatic heterocycles. The fourth-order valence-electron chi connectivity index (χ4n) is 2.81. The third-order valence-electron chi connectivity index (χ3n) is 4.21. The number of nitrogens with zero attached hydrogens (tertiary/aromatic N) is 3. The summed E-state index contributed by atoms with van der Waals surface area (Å²) in [6.45, 7) is 5.51. The quantitative estimate of drug-likeness (QED) is 0.706. The van der Waals surface area contributed by atoms with Crippen molar-refractivity contribution in [3.8, 4) is 5.69 Å². The molecule has 0 spiro atoms. The lowest BCUT2D eigenvalue weighted by Crippen LogP contribution is -2.52. The second-order valence-electron chi connectivity index (χ2n) is 7.66. The van der Waals surface area contributed by atoms with Gasteiger partial charge in [0.05, 0.1) is 27.7 Å². The second-order valence-corrected chi connectivity index (χ2v) is 11.3. The maximum absolute atomic E-state index is 13.1. The van der Waals surface area contributed by atoms with Crippen molar-refractivity contribution in [2.24, 2.45) is 0 Å². The summed E-state index contributed by atoms with van der Waals surface area (Å²) < 4.78 is 28.5. The number of benzene rings is 1. The summed E-state index contributed by atoms with van der Waals surface area (Å²) in [5.41, 5.74) is -0.758. The predicted molar refractivity (Wildman–Crippen MR) is 118 cm³/mol. The van der Waals surface area contributed by atoms with Gasteiger partial charge in [-0.1, -0.05) is 23.2 Å². The minimum Gasteiger partial charge on any atom is -0.350 e. The van der Waals surface area contributed by atoms with Gasteiger partial charge < -0.3 is 5.32 Å². The van der Waals surface area contributed by atoms with Gasteiger partial charge in [-0.05, 0) is 45.0 Å². The number of amides is 1. The van der Waals surface area contributed by atoms with Crippen molar-refractivity contribution in [1.82, 2.24) is 19.4 Å². The molecule has 1 aromatic heterocycles. The second kappa shape index (κ2) is 8.51. The van der Waals surface area contributed by atoms with Gasteiger partial charge in [0.25, 0.3) is 5.56 Å². The molecular weight excluding hydrogens is 471 g/mol. The zero-order chi connectivity index (χ0) is 22.3. The van der Waals surface area contributed by atoms with Crippen LogP contribution in [0.3, 0.4) is 0 Å². The summed E-state index contributed by atoms with van der Waals surface area (Å²) in [6, 6.07) is 4.82. The Bertz CT molecular complexity index is 1130. The predicted octanol–water partition coefficient (Wildman–Crippen LogP) is 2.52. The molecule has 0 bridgehead atoms. The average Bonchev–Trinajstić information content (AvgIpc) is 3.16. The molecule has 0 aliphatic carbocycles. The molecule has 1 aliphatic rings. The minimum atomic E-state index is -3.92. The lowest BCUT2D eigenvalue weighted by Gasteiger charge is -2.27. The van der Waals surface area contributed by atoms with E-state index in [0.717, 1.165) is 4.68 Å². The molecule has 1 unspecified atom stereocenters. The Hall–Kier alpha value is -1.59. The van der Waals surface area contributed by atoms with Crippen LogP contribution in [0.1, 0.15) is 20.8 Å². The average molecular weight is 491 g/mol. The molecule has 3 rings (SSSR count). The lowest BCUT2D eigenvalue weighted by atomic mass is 10.1. The van der Waals surface area contributed by atoms with Crippen molar-refractivity contribution >= 4 is 50.9 Å². The fraction of sp³-hybridized carbons (Fsp3) is 0.389. The number of carbonyl (C=O) groups excluding carboxylic acids is 1. The van der Waals surface area contributed by atoms with Crippen LogP contribution in [-0.4, -0.2) is 51.6 Å². The van der Waals surface area contributed by atoms with Crippen LogP contribution >= 0.6 is 35.0 Å². The van der Waals surface area contributed by atoms with Crippen LogP contribution in [0.2, 0.25) is 10.0 Å². The summed E-state index contributed by atoms with van der Waals surface area (Å²) in [5, 5.41) is 6.61. The Morgan fingerprint density at radius 3 is 2.47 bits per heavy atom. The van der Waals surface area contributed by atoms with Crippen LogP contribution in [0, 0.1) is 0 Å². The molecule has 0 radical (unpaired) electrons. The number of hydrogen-bond acceptors (Lipinski definition) is 6. The van der Waals surface area contributed by atoms with E-state index in [1.807, 2.05) is 20.8 Å². The number of rotatable bonds is 4. The fourth-order valence-corrected chi connectivity index (χ4v) is 6.22. The molecule has 1 amide bonds. The molecule has 1 fully saturated rings. The molecule has 1 atom stereocenters. The Labute approximate surface area is 188 Å². The standard InChI is InChI=1S/C18H20Cl2N4O4S2/c1-18(2,3)22-16(25)14-9-29-10-23(14)30(27,28)12-6-4-11(5-7-12)24-17(26)15(20)13(19)8-21-24/h4-8,14H,9-10H2,1-3H3,(H,22,25). The smallest absolute Gasteiger partial charge is 0.291 e. The Morgan fingerprint density at radius 2 is 1.87 bits per heavy atom. The molecule has 1 saturated heterocycles. The largest absolute Gasteiger partial charge is 0.350 e. The minimum absolute atomic E-state index is 0.00965. The highest BCUT2D eigenvalue weighted by Gasteiger charge is 2.40. The van der Waals surface area contributed by atoms with E-state index in [-0.39, 0.29) is 26.7 Å². The summed E-state index contributed by atoms with van der Waals surface area (Å²) in [4.78, 5) is 24.8. The summed E-state index contributed by atoms with van der Waals surface area (Å²) in [7, 11) is -3.92. The number of carbonyl (C=O) groups is 1. The van der Waals surface area contributed by atoms with Crippen molar-refractivity contribution in [2.45, 2.75) is 37.2 Å². The van der Waals surface area contributed by atoms with Crippen LogP contribution in [0.25, 0.3) is 5.69 Å². The van der Waals surface area contributed by atoms with Crippen LogP contribution in [0.15, 0.2) is 40.2 Å². The zero-order valence-corrected chi connectivity index (χ0v) is 19.6. The van der Waals surface area contributed by atoms with E-state index < -0.39 is 27.2 Å². The molecular formula is C18H20Cl2N4O4S2. The number of aromatic nitrogens is 2. The van der Waals surface area contributed by atoms with Crippen molar-refractivity contribution in [3.63, 3.8) is 0 Å². The first kappa shape index (κ1) is 23.1. The highest BCUT2D eigenvalue weighted by Crippen LogP contribution is 2.29. The zero-order valence-electron chi connectivity index (χ0n) is 16.4. The topological polar surface area (TPSA) is 101 Å². The van der Waals surface area contributed by atoms with E-state index in [1.165, 1.54) is 46.5 Å². The maximum Gasteiger partial charge on any atom is 0.291 e. The Balaban J connectivity index is 1.89. The van der Waals surface area contributed by atoms with E-state index >= 15 is 0 Å². The SMILES string of the molecule is CC(C)(C)NC(=O)C1CSCN1S(=O)(=O)c1ccc(-n2ncc(Cl)c(Cl)c2=O)cc1. The molecule has 0 saturated carbocycles.